The van der Waals surface area contributed by atoms with Crippen molar-refractivity contribution in [3.05, 3.63) is 216 Å². The van der Waals surface area contributed by atoms with Crippen LogP contribution < -0.4 is 0 Å². The maximum atomic E-state index is 6.71. The van der Waals surface area contributed by atoms with E-state index in [1.165, 1.54) is 71.8 Å². The first kappa shape index (κ1) is 29.1. The fourth-order valence-electron chi connectivity index (χ4n) is 9.18. The van der Waals surface area contributed by atoms with Gasteiger partial charge in [0.25, 0.3) is 0 Å². The van der Waals surface area contributed by atoms with Gasteiger partial charge in [0.1, 0.15) is 11.2 Å². The van der Waals surface area contributed by atoms with Gasteiger partial charge in [0.15, 0.2) is 0 Å². The summed E-state index contributed by atoms with van der Waals surface area (Å²) in [6, 6.07) is 71.2. The Kier molecular flexibility index (Phi) is 6.23. The van der Waals surface area contributed by atoms with Gasteiger partial charge in [-0.25, -0.2) is 0 Å². The number of fused-ring (bicyclic) bond motifs is 10. The van der Waals surface area contributed by atoms with Gasteiger partial charge in [-0.3, -0.25) is 0 Å². The zero-order chi connectivity index (χ0) is 34.2. The number of furan rings is 1. The summed E-state index contributed by atoms with van der Waals surface area (Å²) in [6.45, 7) is 0. The SMILES string of the molecule is c1ccc(-c2cc(-c3cccc4oc5c6ccccc6ccc5c34)cc3c2-c2ccc4ccccc4c2C3(c2ccccc2)c2ccccc2)cc1. The van der Waals surface area contributed by atoms with Crippen molar-refractivity contribution in [2.24, 2.45) is 0 Å². The van der Waals surface area contributed by atoms with E-state index in [0.29, 0.717) is 0 Å². The van der Waals surface area contributed by atoms with Crippen LogP contribution in [-0.4, -0.2) is 0 Å². The zero-order valence-electron chi connectivity index (χ0n) is 28.4. The predicted molar refractivity (Wildman–Crippen MR) is 217 cm³/mol. The molecule has 1 aliphatic carbocycles. The third kappa shape index (κ3) is 3.99. The van der Waals surface area contributed by atoms with Crippen LogP contribution in [0.25, 0.3) is 76.9 Å². The van der Waals surface area contributed by atoms with E-state index < -0.39 is 5.41 Å². The number of hydrogen-bond donors (Lipinski definition) is 0. The Morgan fingerprint density at radius 2 is 1.00 bits per heavy atom. The summed E-state index contributed by atoms with van der Waals surface area (Å²) in [7, 11) is 0. The Morgan fingerprint density at radius 1 is 0.385 bits per heavy atom. The average molecular weight is 661 g/mol. The molecule has 10 aromatic rings. The average Bonchev–Trinajstić information content (AvgIpc) is 3.76. The molecule has 1 heteroatoms. The lowest BCUT2D eigenvalue weighted by molar-refractivity contribution is 0.673. The molecular formula is C51H32O. The predicted octanol–water partition coefficient (Wildman–Crippen LogP) is 13.6. The van der Waals surface area contributed by atoms with Crippen molar-refractivity contribution in [2.45, 2.75) is 5.41 Å². The normalized spacial score (nSPS) is 13.2. The number of rotatable bonds is 4. The molecule has 0 bridgehead atoms. The molecule has 1 nitrogen and oxygen atoms in total. The van der Waals surface area contributed by atoms with E-state index in [2.05, 4.69) is 194 Å². The summed E-state index contributed by atoms with van der Waals surface area (Å²) in [4.78, 5) is 0. The van der Waals surface area contributed by atoms with E-state index in [-0.39, 0.29) is 0 Å². The molecule has 0 aliphatic heterocycles. The summed E-state index contributed by atoms with van der Waals surface area (Å²) in [5.74, 6) is 0. The van der Waals surface area contributed by atoms with Crippen molar-refractivity contribution in [2.75, 3.05) is 0 Å². The highest BCUT2D eigenvalue weighted by atomic mass is 16.3. The largest absolute Gasteiger partial charge is 0.455 e. The molecule has 0 radical (unpaired) electrons. The van der Waals surface area contributed by atoms with Crippen molar-refractivity contribution in [3.8, 4) is 33.4 Å². The molecule has 0 unspecified atom stereocenters. The molecule has 1 aromatic heterocycles. The summed E-state index contributed by atoms with van der Waals surface area (Å²) >= 11 is 0. The maximum absolute atomic E-state index is 6.71. The zero-order valence-corrected chi connectivity index (χ0v) is 28.4. The summed E-state index contributed by atoms with van der Waals surface area (Å²) in [5.41, 5.74) is 13.8. The van der Waals surface area contributed by atoms with Crippen LogP contribution in [0, 0.1) is 0 Å². The second-order valence-electron chi connectivity index (χ2n) is 13.9. The van der Waals surface area contributed by atoms with Crippen molar-refractivity contribution >= 4 is 43.5 Å². The molecule has 1 heterocycles. The molecule has 9 aromatic carbocycles. The lowest BCUT2D eigenvalue weighted by Crippen LogP contribution is -2.29. The molecule has 0 spiro atoms. The van der Waals surface area contributed by atoms with E-state index in [1.807, 2.05) is 0 Å². The molecule has 11 rings (SSSR count). The second kappa shape index (κ2) is 11.2. The standard InChI is InChI=1S/C51H32O/c1-4-15-33(16-5-1)44-31-36(39-25-14-26-46-48(39)43-30-28-35-18-11-13-24-41(35)50(43)52-46)32-45-47(44)42-29-27-34-17-10-12-23-40(34)49(42)51(45,37-19-6-2-7-20-37)38-21-8-3-9-22-38/h1-32H. The topological polar surface area (TPSA) is 13.1 Å². The second-order valence-corrected chi connectivity index (χ2v) is 13.9. The summed E-state index contributed by atoms with van der Waals surface area (Å²) < 4.78 is 6.71. The van der Waals surface area contributed by atoms with Gasteiger partial charge in [0.2, 0.25) is 0 Å². The minimum atomic E-state index is -0.573. The van der Waals surface area contributed by atoms with Crippen LogP contribution in [0.2, 0.25) is 0 Å². The van der Waals surface area contributed by atoms with Gasteiger partial charge in [0.05, 0.1) is 5.41 Å². The van der Waals surface area contributed by atoms with E-state index in [0.717, 1.165) is 27.3 Å². The van der Waals surface area contributed by atoms with Gasteiger partial charge in [-0.05, 0) is 96.1 Å². The van der Waals surface area contributed by atoms with Gasteiger partial charge in [-0.2, -0.15) is 0 Å². The highest BCUT2D eigenvalue weighted by molar-refractivity contribution is 6.19. The van der Waals surface area contributed by atoms with Gasteiger partial charge >= 0.3 is 0 Å². The molecule has 0 saturated heterocycles. The van der Waals surface area contributed by atoms with Crippen LogP contribution in [0.5, 0.6) is 0 Å². The molecule has 0 amide bonds. The Hall–Kier alpha value is -6.70. The Morgan fingerprint density at radius 3 is 1.73 bits per heavy atom. The minimum Gasteiger partial charge on any atom is -0.455 e. The minimum absolute atomic E-state index is 0.573. The third-order valence-corrected chi connectivity index (χ3v) is 11.3. The summed E-state index contributed by atoms with van der Waals surface area (Å²) in [5, 5.41) is 7.12. The quantitative estimate of drug-likeness (QED) is 0.183. The smallest absolute Gasteiger partial charge is 0.143 e. The van der Waals surface area contributed by atoms with Crippen LogP contribution in [0.3, 0.4) is 0 Å². The number of benzene rings is 9. The van der Waals surface area contributed by atoms with Crippen LogP contribution in [0.15, 0.2) is 199 Å². The first-order valence-electron chi connectivity index (χ1n) is 18.0. The van der Waals surface area contributed by atoms with Crippen LogP contribution in [-0.2, 0) is 5.41 Å². The van der Waals surface area contributed by atoms with E-state index in [9.17, 15) is 0 Å². The molecule has 0 atom stereocenters. The molecule has 52 heavy (non-hydrogen) atoms. The van der Waals surface area contributed by atoms with Crippen LogP contribution >= 0.6 is 0 Å². The summed E-state index contributed by atoms with van der Waals surface area (Å²) in [6.07, 6.45) is 0. The van der Waals surface area contributed by atoms with Crippen molar-refractivity contribution < 1.29 is 4.42 Å². The molecule has 1 aliphatic rings. The van der Waals surface area contributed by atoms with Crippen molar-refractivity contribution in [1.82, 2.24) is 0 Å². The van der Waals surface area contributed by atoms with Crippen LogP contribution in [0.1, 0.15) is 22.3 Å². The molecule has 0 fully saturated rings. The van der Waals surface area contributed by atoms with Crippen molar-refractivity contribution in [1.29, 1.82) is 0 Å². The Balaban J connectivity index is 1.33. The van der Waals surface area contributed by atoms with Gasteiger partial charge in [-0.1, -0.05) is 170 Å². The fraction of sp³-hybridized carbons (Fsp3) is 0.0196. The molecule has 242 valence electrons. The monoisotopic (exact) mass is 660 g/mol. The molecular weight excluding hydrogens is 629 g/mol. The first-order valence-corrected chi connectivity index (χ1v) is 18.0. The Labute approximate surface area is 302 Å². The lowest BCUT2D eigenvalue weighted by Gasteiger charge is -2.35. The fourth-order valence-corrected chi connectivity index (χ4v) is 9.18. The van der Waals surface area contributed by atoms with E-state index >= 15 is 0 Å². The maximum Gasteiger partial charge on any atom is 0.143 e. The van der Waals surface area contributed by atoms with E-state index in [1.54, 1.807) is 0 Å². The highest BCUT2D eigenvalue weighted by Gasteiger charge is 2.48. The Bertz CT molecular complexity index is 2950. The lowest BCUT2D eigenvalue weighted by atomic mass is 9.66. The van der Waals surface area contributed by atoms with E-state index in [4.69, 9.17) is 4.42 Å². The van der Waals surface area contributed by atoms with Crippen molar-refractivity contribution in [3.63, 3.8) is 0 Å². The van der Waals surface area contributed by atoms with Crippen LogP contribution in [0.4, 0.5) is 0 Å². The molecule has 0 saturated carbocycles. The van der Waals surface area contributed by atoms with Gasteiger partial charge in [-0.15, -0.1) is 0 Å². The van der Waals surface area contributed by atoms with Gasteiger partial charge in [0, 0.05) is 16.2 Å². The molecule has 0 N–H and O–H groups in total. The van der Waals surface area contributed by atoms with Gasteiger partial charge < -0.3 is 4.42 Å². The number of hydrogen-bond acceptors (Lipinski definition) is 1. The third-order valence-electron chi connectivity index (χ3n) is 11.3. The first-order chi connectivity index (χ1) is 25.8. The highest BCUT2D eigenvalue weighted by Crippen LogP contribution is 2.61.